The van der Waals surface area contributed by atoms with Gasteiger partial charge in [0, 0.05) is 13.1 Å². The van der Waals surface area contributed by atoms with Gasteiger partial charge in [0.25, 0.3) is 0 Å². The largest absolute Gasteiger partial charge is 0.331 e. The van der Waals surface area contributed by atoms with Crippen molar-refractivity contribution in [3.8, 4) is 0 Å². The second kappa shape index (κ2) is 6.03. The topological polar surface area (TPSA) is 92.5 Å². The van der Waals surface area contributed by atoms with Crippen molar-refractivity contribution in [1.82, 2.24) is 10.2 Å². The fraction of sp³-hybridized carbons (Fsp3) is 0.500. The summed E-state index contributed by atoms with van der Waals surface area (Å²) in [7, 11) is -3.58. The molecule has 1 fully saturated rings. The number of amides is 2. The molecule has 0 aliphatic carbocycles. The van der Waals surface area contributed by atoms with E-state index < -0.39 is 15.3 Å². The smallest absolute Gasteiger partial charge is 0.317 e. The van der Waals surface area contributed by atoms with Crippen molar-refractivity contribution in [2.45, 2.75) is 31.6 Å². The Hall–Kier alpha value is -1.60. The quantitative estimate of drug-likeness (QED) is 0.876. The molecule has 6 nitrogen and oxygen atoms in total. The number of likely N-dealkylation sites (tertiary alicyclic amines) is 1. The Morgan fingerprint density at radius 2 is 2.10 bits per heavy atom. The van der Waals surface area contributed by atoms with Crippen LogP contribution in [-0.4, -0.2) is 37.7 Å². The number of nitrogens with one attached hydrogen (secondary N) is 1. The number of nitrogens with two attached hydrogens (primary N) is 1. The average molecular weight is 311 g/mol. The Labute approximate surface area is 125 Å². The van der Waals surface area contributed by atoms with Crippen molar-refractivity contribution in [1.29, 1.82) is 0 Å². The standard InChI is InChI=1S/C14H21N3O3S/c1-10-5-3-4-6-13(10)11(2)16-14(18)17-8-7-12(9-17)21(15,19)20/h3-6,11-12H,7-9H2,1-2H3,(H,16,18)(H2,15,19,20)/t11-,12-/m0/s1. The lowest BCUT2D eigenvalue weighted by molar-refractivity contribution is 0.205. The molecule has 3 N–H and O–H groups in total. The Kier molecular flexibility index (Phi) is 4.53. The predicted molar refractivity (Wildman–Crippen MR) is 81.2 cm³/mol. The van der Waals surface area contributed by atoms with E-state index in [1.807, 2.05) is 38.1 Å². The first-order valence-corrected chi connectivity index (χ1v) is 8.52. The van der Waals surface area contributed by atoms with Gasteiger partial charge in [-0.3, -0.25) is 0 Å². The summed E-state index contributed by atoms with van der Waals surface area (Å²) in [6, 6.07) is 7.45. The van der Waals surface area contributed by atoms with Crippen molar-refractivity contribution in [2.24, 2.45) is 5.14 Å². The third-order valence-electron chi connectivity index (χ3n) is 3.89. The summed E-state index contributed by atoms with van der Waals surface area (Å²) in [5, 5.41) is 7.38. The van der Waals surface area contributed by atoms with Crippen LogP contribution in [0.5, 0.6) is 0 Å². The first-order chi connectivity index (χ1) is 9.79. The van der Waals surface area contributed by atoms with Crippen LogP contribution in [0.2, 0.25) is 0 Å². The van der Waals surface area contributed by atoms with E-state index in [0.717, 1.165) is 11.1 Å². The van der Waals surface area contributed by atoms with Crippen molar-refractivity contribution >= 4 is 16.1 Å². The molecular weight excluding hydrogens is 290 g/mol. The van der Waals surface area contributed by atoms with Crippen LogP contribution in [0, 0.1) is 6.92 Å². The molecule has 2 amide bonds. The van der Waals surface area contributed by atoms with E-state index in [-0.39, 0.29) is 18.6 Å². The van der Waals surface area contributed by atoms with Gasteiger partial charge in [-0.15, -0.1) is 0 Å². The van der Waals surface area contributed by atoms with E-state index in [4.69, 9.17) is 5.14 Å². The number of benzene rings is 1. The molecular formula is C14H21N3O3S. The van der Waals surface area contributed by atoms with E-state index in [1.54, 1.807) is 0 Å². The summed E-state index contributed by atoms with van der Waals surface area (Å²) in [5.74, 6) is 0. The monoisotopic (exact) mass is 311 g/mol. The first kappa shape index (κ1) is 15.8. The number of urea groups is 1. The van der Waals surface area contributed by atoms with Crippen LogP contribution in [0.4, 0.5) is 4.79 Å². The summed E-state index contributed by atoms with van der Waals surface area (Å²) in [6.45, 7) is 4.47. The fourth-order valence-electron chi connectivity index (χ4n) is 2.61. The molecule has 116 valence electrons. The zero-order chi connectivity index (χ0) is 15.6. The van der Waals surface area contributed by atoms with Crippen LogP contribution in [0.3, 0.4) is 0 Å². The zero-order valence-corrected chi connectivity index (χ0v) is 13.1. The molecule has 7 heteroatoms. The number of hydrogen-bond donors (Lipinski definition) is 2. The first-order valence-electron chi connectivity index (χ1n) is 6.91. The maximum absolute atomic E-state index is 12.2. The second-order valence-corrected chi connectivity index (χ2v) is 7.32. The molecule has 0 bridgehead atoms. The summed E-state index contributed by atoms with van der Waals surface area (Å²) < 4.78 is 22.6. The van der Waals surface area contributed by atoms with E-state index in [2.05, 4.69) is 5.32 Å². The molecule has 1 aliphatic heterocycles. The highest BCUT2D eigenvalue weighted by atomic mass is 32.2. The third-order valence-corrected chi connectivity index (χ3v) is 5.21. The molecule has 1 aromatic rings. The normalized spacial score (nSPS) is 20.3. The minimum atomic E-state index is -3.58. The lowest BCUT2D eigenvalue weighted by atomic mass is 10.0. The minimum absolute atomic E-state index is 0.132. The lowest BCUT2D eigenvalue weighted by Crippen LogP contribution is -2.41. The van der Waals surface area contributed by atoms with Crippen LogP contribution < -0.4 is 10.5 Å². The van der Waals surface area contributed by atoms with Crippen LogP contribution in [0.25, 0.3) is 0 Å². The molecule has 0 unspecified atom stereocenters. The molecule has 0 spiro atoms. The van der Waals surface area contributed by atoms with Gasteiger partial charge in [-0.1, -0.05) is 24.3 Å². The van der Waals surface area contributed by atoms with Crippen LogP contribution in [0.15, 0.2) is 24.3 Å². The minimum Gasteiger partial charge on any atom is -0.331 e. The van der Waals surface area contributed by atoms with Gasteiger partial charge in [0.1, 0.15) is 0 Å². The molecule has 0 radical (unpaired) electrons. The van der Waals surface area contributed by atoms with E-state index >= 15 is 0 Å². The van der Waals surface area contributed by atoms with Crippen molar-refractivity contribution in [3.05, 3.63) is 35.4 Å². The van der Waals surface area contributed by atoms with Gasteiger partial charge >= 0.3 is 6.03 Å². The SMILES string of the molecule is Cc1ccccc1[C@H](C)NC(=O)N1CC[C@H](S(N)(=O)=O)C1. The van der Waals surface area contributed by atoms with E-state index in [9.17, 15) is 13.2 Å². The van der Waals surface area contributed by atoms with Crippen molar-refractivity contribution < 1.29 is 13.2 Å². The molecule has 1 aromatic carbocycles. The lowest BCUT2D eigenvalue weighted by Gasteiger charge is -2.22. The number of carbonyl (C=O) groups is 1. The third kappa shape index (κ3) is 3.74. The Balaban J connectivity index is 1.98. The highest BCUT2D eigenvalue weighted by Gasteiger charge is 2.33. The van der Waals surface area contributed by atoms with Gasteiger partial charge in [0.2, 0.25) is 10.0 Å². The van der Waals surface area contributed by atoms with Crippen molar-refractivity contribution in [2.75, 3.05) is 13.1 Å². The van der Waals surface area contributed by atoms with Crippen molar-refractivity contribution in [3.63, 3.8) is 0 Å². The van der Waals surface area contributed by atoms with Crippen LogP contribution in [0.1, 0.15) is 30.5 Å². The summed E-state index contributed by atoms with van der Waals surface area (Å²) in [5.41, 5.74) is 2.15. The number of sulfonamides is 1. The number of nitrogens with zero attached hydrogens (tertiary/aromatic N) is 1. The zero-order valence-electron chi connectivity index (χ0n) is 12.2. The van der Waals surface area contributed by atoms with Gasteiger partial charge in [-0.2, -0.15) is 0 Å². The number of aryl methyl sites for hydroxylation is 1. The molecule has 0 aromatic heterocycles. The highest BCUT2D eigenvalue weighted by Crippen LogP contribution is 2.19. The van der Waals surface area contributed by atoms with Gasteiger partial charge < -0.3 is 10.2 Å². The van der Waals surface area contributed by atoms with Gasteiger partial charge in [0.05, 0.1) is 11.3 Å². The molecule has 1 saturated heterocycles. The molecule has 1 aliphatic rings. The number of rotatable bonds is 3. The Morgan fingerprint density at radius 3 is 2.67 bits per heavy atom. The van der Waals surface area contributed by atoms with E-state index in [0.29, 0.717) is 13.0 Å². The fourth-order valence-corrected chi connectivity index (χ4v) is 3.43. The molecule has 1 heterocycles. The molecule has 2 atom stereocenters. The maximum Gasteiger partial charge on any atom is 0.317 e. The highest BCUT2D eigenvalue weighted by molar-refractivity contribution is 7.89. The summed E-state index contributed by atoms with van der Waals surface area (Å²) >= 11 is 0. The van der Waals surface area contributed by atoms with Crippen LogP contribution >= 0.6 is 0 Å². The average Bonchev–Trinajstić information content (AvgIpc) is 2.88. The summed E-state index contributed by atoms with van der Waals surface area (Å²) in [4.78, 5) is 13.7. The summed E-state index contributed by atoms with van der Waals surface area (Å²) in [6.07, 6.45) is 0.394. The second-order valence-electron chi connectivity index (χ2n) is 5.47. The van der Waals surface area contributed by atoms with Gasteiger partial charge in [0.15, 0.2) is 0 Å². The predicted octanol–water partition coefficient (Wildman–Crippen LogP) is 1.13. The maximum atomic E-state index is 12.2. The molecule has 2 rings (SSSR count). The Morgan fingerprint density at radius 1 is 1.43 bits per heavy atom. The number of hydrogen-bond acceptors (Lipinski definition) is 3. The molecule has 0 saturated carbocycles. The van der Waals surface area contributed by atoms with Crippen LogP contribution in [-0.2, 0) is 10.0 Å². The molecule has 21 heavy (non-hydrogen) atoms. The van der Waals surface area contributed by atoms with Gasteiger partial charge in [-0.05, 0) is 31.4 Å². The van der Waals surface area contributed by atoms with E-state index in [1.165, 1.54) is 4.90 Å². The Bertz CT molecular complexity index is 630. The number of primary sulfonamides is 1. The van der Waals surface area contributed by atoms with Gasteiger partial charge in [-0.25, -0.2) is 18.4 Å². The number of carbonyl (C=O) groups excluding carboxylic acids is 1.